The molecule has 0 aliphatic heterocycles. The number of benzene rings is 5. The molecule has 0 amide bonds. The third kappa shape index (κ3) is 4.08. The molecule has 0 radical (unpaired) electrons. The van der Waals surface area contributed by atoms with E-state index in [1.807, 2.05) is 30.3 Å². The molecule has 5 aromatic carbocycles. The Labute approximate surface area is 225 Å². The van der Waals surface area contributed by atoms with Gasteiger partial charge in [-0.1, -0.05) is 149 Å². The number of hydrogen-bond acceptors (Lipinski definition) is 0. The molecule has 0 saturated heterocycles. The Hall–Kier alpha value is -4.01. The molecule has 0 saturated carbocycles. The molecule has 178 valence electrons. The number of rotatable bonds is 5. The van der Waals surface area contributed by atoms with Crippen LogP contribution in [0.3, 0.4) is 0 Å². The molecule has 5 aromatic rings. The van der Waals surface area contributed by atoms with Crippen LogP contribution in [0.4, 0.5) is 4.39 Å². The summed E-state index contributed by atoms with van der Waals surface area (Å²) in [6, 6.07) is 48.9. The monoisotopic (exact) mass is 542 g/mol. The second-order valence-corrected chi connectivity index (χ2v) is 10.3. The molecule has 0 unspecified atom stereocenters. The second kappa shape index (κ2) is 9.80. The summed E-state index contributed by atoms with van der Waals surface area (Å²) in [6.45, 7) is 0. The van der Waals surface area contributed by atoms with Gasteiger partial charge in [-0.25, -0.2) is 4.39 Å². The van der Waals surface area contributed by atoms with Gasteiger partial charge >= 0.3 is 0 Å². The van der Waals surface area contributed by atoms with E-state index in [1.54, 1.807) is 12.1 Å². The Morgan fingerprint density at radius 1 is 0.432 bits per heavy atom. The van der Waals surface area contributed by atoms with Crippen LogP contribution in [0.2, 0.25) is 0 Å². The van der Waals surface area contributed by atoms with E-state index in [-0.39, 0.29) is 5.82 Å². The zero-order valence-electron chi connectivity index (χ0n) is 20.1. The summed E-state index contributed by atoms with van der Waals surface area (Å²) >= 11 is 4.29. The molecule has 0 nitrogen and oxygen atoms in total. The summed E-state index contributed by atoms with van der Waals surface area (Å²) in [6.07, 6.45) is 0. The highest BCUT2D eigenvalue weighted by atomic mass is 79.9. The Morgan fingerprint density at radius 3 is 1.19 bits per heavy atom. The molecule has 0 fully saturated rings. The van der Waals surface area contributed by atoms with Crippen molar-refractivity contribution >= 4 is 38.2 Å². The molecule has 1 aliphatic rings. The van der Waals surface area contributed by atoms with Crippen LogP contribution in [0.25, 0.3) is 22.3 Å². The minimum absolute atomic E-state index is 0.259. The smallest absolute Gasteiger partial charge is 0.123 e. The summed E-state index contributed by atoms with van der Waals surface area (Å²) in [5.41, 5.74) is 9.73. The SMILES string of the molecule is Fc1cccc(C2(Br)C(c3ccccc3)=C(c3ccccc3)C(c3ccccc3)=C2c2ccccc2)c1. The Morgan fingerprint density at radius 2 is 0.811 bits per heavy atom. The quantitative estimate of drug-likeness (QED) is 0.194. The van der Waals surface area contributed by atoms with Crippen molar-refractivity contribution in [2.75, 3.05) is 0 Å². The second-order valence-electron chi connectivity index (χ2n) is 9.13. The van der Waals surface area contributed by atoms with Crippen LogP contribution in [0.1, 0.15) is 27.8 Å². The van der Waals surface area contributed by atoms with E-state index in [9.17, 15) is 4.39 Å². The van der Waals surface area contributed by atoms with Crippen molar-refractivity contribution in [2.24, 2.45) is 0 Å². The molecular weight excluding hydrogens is 519 g/mol. The number of hydrogen-bond donors (Lipinski definition) is 0. The fraction of sp³-hybridized carbons (Fsp3) is 0.0286. The maximum atomic E-state index is 14.8. The van der Waals surface area contributed by atoms with Gasteiger partial charge < -0.3 is 0 Å². The molecule has 0 atom stereocenters. The lowest BCUT2D eigenvalue weighted by atomic mass is 9.80. The van der Waals surface area contributed by atoms with Crippen molar-refractivity contribution in [3.05, 3.63) is 179 Å². The van der Waals surface area contributed by atoms with Crippen molar-refractivity contribution in [3.63, 3.8) is 0 Å². The molecule has 0 aromatic heterocycles. The average Bonchev–Trinajstić information content (AvgIpc) is 3.25. The number of alkyl halides is 1. The molecule has 1 aliphatic carbocycles. The molecule has 0 spiro atoms. The first-order valence-electron chi connectivity index (χ1n) is 12.3. The number of allylic oxidation sites excluding steroid dienone is 4. The van der Waals surface area contributed by atoms with E-state index in [0.717, 1.165) is 50.1 Å². The molecule has 6 rings (SSSR count). The lowest BCUT2D eigenvalue weighted by Crippen LogP contribution is -2.21. The highest BCUT2D eigenvalue weighted by molar-refractivity contribution is 9.10. The highest BCUT2D eigenvalue weighted by Crippen LogP contribution is 2.64. The Balaban J connectivity index is 1.83. The van der Waals surface area contributed by atoms with Gasteiger partial charge in [-0.05, 0) is 62.2 Å². The van der Waals surface area contributed by atoms with Gasteiger partial charge in [0.15, 0.2) is 0 Å². The molecule has 2 heteroatoms. The lowest BCUT2D eigenvalue weighted by Gasteiger charge is -2.32. The van der Waals surface area contributed by atoms with Crippen molar-refractivity contribution < 1.29 is 4.39 Å². The van der Waals surface area contributed by atoms with Crippen molar-refractivity contribution in [2.45, 2.75) is 4.32 Å². The van der Waals surface area contributed by atoms with Crippen LogP contribution >= 0.6 is 15.9 Å². The minimum atomic E-state index is -0.797. The average molecular weight is 543 g/mol. The minimum Gasteiger partial charge on any atom is -0.207 e. The van der Waals surface area contributed by atoms with Crippen LogP contribution in [-0.2, 0) is 4.32 Å². The van der Waals surface area contributed by atoms with Gasteiger partial charge in [0.05, 0.1) is 0 Å². The molecule has 0 bridgehead atoms. The topological polar surface area (TPSA) is 0 Å². The van der Waals surface area contributed by atoms with Gasteiger partial charge in [0.2, 0.25) is 0 Å². The molecule has 0 N–H and O–H groups in total. The predicted octanol–water partition coefficient (Wildman–Crippen LogP) is 9.65. The predicted molar refractivity (Wildman–Crippen MR) is 156 cm³/mol. The largest absolute Gasteiger partial charge is 0.207 e. The van der Waals surface area contributed by atoms with Crippen LogP contribution < -0.4 is 0 Å². The van der Waals surface area contributed by atoms with E-state index in [4.69, 9.17) is 0 Å². The fourth-order valence-electron chi connectivity index (χ4n) is 5.39. The normalized spacial score (nSPS) is 14.8. The van der Waals surface area contributed by atoms with Crippen LogP contribution in [0.15, 0.2) is 146 Å². The molecule has 0 heterocycles. The summed E-state index contributed by atoms with van der Waals surface area (Å²) in [4.78, 5) is 0. The zero-order chi connectivity index (χ0) is 25.2. The van der Waals surface area contributed by atoms with Gasteiger partial charge in [0, 0.05) is 0 Å². The van der Waals surface area contributed by atoms with Gasteiger partial charge in [-0.3, -0.25) is 0 Å². The van der Waals surface area contributed by atoms with Crippen molar-refractivity contribution in [3.8, 4) is 0 Å². The third-order valence-corrected chi connectivity index (χ3v) is 8.16. The van der Waals surface area contributed by atoms with E-state index in [0.29, 0.717) is 0 Å². The van der Waals surface area contributed by atoms with E-state index >= 15 is 0 Å². The van der Waals surface area contributed by atoms with Gasteiger partial charge in [0.25, 0.3) is 0 Å². The first kappa shape index (κ1) is 23.4. The maximum absolute atomic E-state index is 14.8. The summed E-state index contributed by atoms with van der Waals surface area (Å²) in [7, 11) is 0. The van der Waals surface area contributed by atoms with E-state index < -0.39 is 4.32 Å². The lowest BCUT2D eigenvalue weighted by molar-refractivity contribution is 0.625. The maximum Gasteiger partial charge on any atom is 0.123 e. The van der Waals surface area contributed by atoms with E-state index in [2.05, 4.69) is 113 Å². The van der Waals surface area contributed by atoms with Gasteiger partial charge in [0.1, 0.15) is 10.1 Å². The van der Waals surface area contributed by atoms with Gasteiger partial charge in [-0.2, -0.15) is 0 Å². The van der Waals surface area contributed by atoms with Crippen LogP contribution in [-0.4, -0.2) is 0 Å². The van der Waals surface area contributed by atoms with Crippen molar-refractivity contribution in [1.82, 2.24) is 0 Å². The fourth-order valence-corrected chi connectivity index (χ4v) is 6.49. The standard InChI is InChI=1S/C35H24BrF/c36-35(29-22-13-23-30(37)24-29)33(27-18-9-3-10-19-27)31(25-14-5-1-6-15-25)32(26-16-7-2-8-17-26)34(35)28-20-11-4-12-21-28/h1-24H. The third-order valence-electron chi connectivity index (χ3n) is 6.91. The first-order valence-corrected chi connectivity index (χ1v) is 13.1. The molecule has 37 heavy (non-hydrogen) atoms. The van der Waals surface area contributed by atoms with Crippen LogP contribution in [0.5, 0.6) is 0 Å². The Bertz CT molecular complexity index is 1500. The summed E-state index contributed by atoms with van der Waals surface area (Å²) in [5.74, 6) is -0.259. The zero-order valence-corrected chi connectivity index (χ0v) is 21.7. The summed E-state index contributed by atoms with van der Waals surface area (Å²) < 4.78 is 14.0. The van der Waals surface area contributed by atoms with Gasteiger partial charge in [-0.15, -0.1) is 0 Å². The highest BCUT2D eigenvalue weighted by Gasteiger charge is 2.48. The summed E-state index contributed by atoms with van der Waals surface area (Å²) in [5, 5.41) is 0. The van der Waals surface area contributed by atoms with E-state index in [1.165, 1.54) is 6.07 Å². The van der Waals surface area contributed by atoms with Crippen molar-refractivity contribution in [1.29, 1.82) is 0 Å². The number of halogens is 2. The first-order chi connectivity index (χ1) is 18.2. The van der Waals surface area contributed by atoms with Crippen LogP contribution in [0, 0.1) is 5.82 Å². The Kier molecular flexibility index (Phi) is 6.20. The molecular formula is C35H24BrF.